The number of aliphatic hydroxyl groups is 1. The van der Waals surface area contributed by atoms with Crippen molar-refractivity contribution >= 4 is 10.9 Å². The van der Waals surface area contributed by atoms with E-state index < -0.39 is 0 Å². The molecule has 0 aliphatic heterocycles. The molecule has 4 nitrogen and oxygen atoms in total. The molecule has 0 saturated heterocycles. The number of aromatic nitrogens is 2. The van der Waals surface area contributed by atoms with Gasteiger partial charge in [-0.2, -0.15) is 0 Å². The van der Waals surface area contributed by atoms with Crippen molar-refractivity contribution < 1.29 is 5.11 Å². The second-order valence-electron chi connectivity index (χ2n) is 4.06. The van der Waals surface area contributed by atoms with Crippen LogP contribution >= 0.6 is 0 Å². The Morgan fingerprint density at radius 2 is 2.00 bits per heavy atom. The lowest BCUT2D eigenvalue weighted by Gasteiger charge is -2.02. The number of fused-ring (bicyclic) bond motifs is 1. The van der Waals surface area contributed by atoms with Gasteiger partial charge >= 0.3 is 0 Å². The summed E-state index contributed by atoms with van der Waals surface area (Å²) in [6, 6.07) is 7.34. The first kappa shape index (κ1) is 11.8. The largest absolute Gasteiger partial charge is 0.396 e. The van der Waals surface area contributed by atoms with Crippen LogP contribution in [0.4, 0.5) is 0 Å². The molecule has 0 unspecified atom stereocenters. The number of hydrogen-bond acceptors (Lipinski definition) is 3. The maximum atomic E-state index is 11.8. The lowest BCUT2D eigenvalue weighted by molar-refractivity contribution is 0.283. The Kier molecular flexibility index (Phi) is 3.88. The van der Waals surface area contributed by atoms with Crippen LogP contribution in [0.25, 0.3) is 10.9 Å². The minimum Gasteiger partial charge on any atom is -0.396 e. The van der Waals surface area contributed by atoms with Crippen LogP contribution in [0.2, 0.25) is 0 Å². The Balaban J connectivity index is 2.16. The third-order valence-corrected chi connectivity index (χ3v) is 2.73. The molecule has 1 heterocycles. The Bertz CT molecular complexity index is 548. The van der Waals surface area contributed by atoms with Crippen LogP contribution in [0.5, 0.6) is 0 Å². The second-order valence-corrected chi connectivity index (χ2v) is 4.06. The maximum Gasteiger partial charge on any atom is 0.258 e. The number of rotatable bonds is 5. The zero-order chi connectivity index (χ0) is 12.1. The highest BCUT2D eigenvalue weighted by Crippen LogP contribution is 2.07. The number of benzene rings is 1. The monoisotopic (exact) mass is 232 g/mol. The number of hydrogen-bond donors (Lipinski definition) is 2. The molecule has 0 radical (unpaired) electrons. The molecule has 0 aliphatic rings. The lowest BCUT2D eigenvalue weighted by atomic mass is 10.2. The fourth-order valence-corrected chi connectivity index (χ4v) is 1.83. The van der Waals surface area contributed by atoms with Gasteiger partial charge in [-0.15, -0.1) is 0 Å². The summed E-state index contributed by atoms with van der Waals surface area (Å²) < 4.78 is 0. The predicted molar refractivity (Wildman–Crippen MR) is 67.0 cm³/mol. The van der Waals surface area contributed by atoms with Crippen LogP contribution < -0.4 is 5.56 Å². The number of nitrogens with zero attached hydrogens (tertiary/aromatic N) is 1. The number of para-hydroxylation sites is 1. The van der Waals surface area contributed by atoms with Crippen molar-refractivity contribution in [2.24, 2.45) is 0 Å². The fourth-order valence-electron chi connectivity index (χ4n) is 1.83. The standard InChI is InChI=1S/C13H16N2O2/c16-9-5-1-2-8-12-14-11-7-4-3-6-10(11)13(17)15-12/h3-4,6-7,16H,1-2,5,8-9H2,(H,14,15,17). The molecule has 0 amide bonds. The molecule has 0 saturated carbocycles. The third-order valence-electron chi connectivity index (χ3n) is 2.73. The molecule has 2 rings (SSSR count). The van der Waals surface area contributed by atoms with Crippen LogP contribution in [0, 0.1) is 0 Å². The van der Waals surface area contributed by atoms with Crippen molar-refractivity contribution in [3.63, 3.8) is 0 Å². The molecule has 1 aromatic heterocycles. The topological polar surface area (TPSA) is 66.0 Å². The molecule has 0 bridgehead atoms. The summed E-state index contributed by atoms with van der Waals surface area (Å²) >= 11 is 0. The van der Waals surface area contributed by atoms with Crippen LogP contribution in [0.15, 0.2) is 29.1 Å². The van der Waals surface area contributed by atoms with Crippen molar-refractivity contribution in [2.45, 2.75) is 25.7 Å². The number of unbranched alkanes of at least 4 members (excludes halogenated alkanes) is 2. The van der Waals surface area contributed by atoms with Crippen molar-refractivity contribution in [3.8, 4) is 0 Å². The zero-order valence-corrected chi connectivity index (χ0v) is 9.65. The highest BCUT2D eigenvalue weighted by Gasteiger charge is 2.02. The number of aliphatic hydroxyl groups excluding tert-OH is 1. The van der Waals surface area contributed by atoms with Gasteiger partial charge in [0.25, 0.3) is 5.56 Å². The first-order valence-electron chi connectivity index (χ1n) is 5.90. The van der Waals surface area contributed by atoms with Crippen LogP contribution in [-0.2, 0) is 6.42 Å². The first-order valence-corrected chi connectivity index (χ1v) is 5.90. The van der Waals surface area contributed by atoms with Crippen LogP contribution in [-0.4, -0.2) is 21.7 Å². The molecule has 2 N–H and O–H groups in total. The minimum absolute atomic E-state index is 0.0761. The van der Waals surface area contributed by atoms with Crippen molar-refractivity contribution in [1.29, 1.82) is 0 Å². The summed E-state index contributed by atoms with van der Waals surface area (Å²) in [6.07, 6.45) is 3.44. The molecule has 4 heteroatoms. The van der Waals surface area contributed by atoms with E-state index in [4.69, 9.17) is 5.11 Å². The van der Waals surface area contributed by atoms with Gasteiger partial charge in [-0.05, 0) is 25.0 Å². The lowest BCUT2D eigenvalue weighted by Crippen LogP contribution is -2.11. The molecule has 2 aromatic rings. The predicted octanol–water partition coefficient (Wildman–Crippen LogP) is 1.63. The van der Waals surface area contributed by atoms with E-state index in [0.29, 0.717) is 5.39 Å². The smallest absolute Gasteiger partial charge is 0.258 e. The number of H-pyrrole nitrogens is 1. The Labute approximate surface area is 99.3 Å². The van der Waals surface area contributed by atoms with Gasteiger partial charge in [0.1, 0.15) is 5.82 Å². The summed E-state index contributed by atoms with van der Waals surface area (Å²) in [5, 5.41) is 9.31. The number of aromatic amines is 1. The van der Waals surface area contributed by atoms with Gasteiger partial charge in [0.05, 0.1) is 10.9 Å². The van der Waals surface area contributed by atoms with Crippen LogP contribution in [0.3, 0.4) is 0 Å². The summed E-state index contributed by atoms with van der Waals surface area (Å²) in [6.45, 7) is 0.224. The molecule has 90 valence electrons. The molecular weight excluding hydrogens is 216 g/mol. The fraction of sp³-hybridized carbons (Fsp3) is 0.385. The summed E-state index contributed by atoms with van der Waals surface area (Å²) in [4.78, 5) is 19.0. The quantitative estimate of drug-likeness (QED) is 0.770. The highest BCUT2D eigenvalue weighted by molar-refractivity contribution is 5.77. The van der Waals surface area contributed by atoms with Gasteiger partial charge < -0.3 is 10.1 Å². The van der Waals surface area contributed by atoms with E-state index in [2.05, 4.69) is 9.97 Å². The van der Waals surface area contributed by atoms with Gasteiger partial charge in [0.2, 0.25) is 0 Å². The van der Waals surface area contributed by atoms with Crippen molar-refractivity contribution in [2.75, 3.05) is 6.61 Å². The highest BCUT2D eigenvalue weighted by atomic mass is 16.2. The van der Waals surface area contributed by atoms with E-state index >= 15 is 0 Å². The molecule has 0 atom stereocenters. The minimum atomic E-state index is -0.0761. The molecular formula is C13H16N2O2. The Hall–Kier alpha value is -1.68. The molecule has 0 aliphatic carbocycles. The SMILES string of the molecule is O=c1[nH]c(CCCCCO)nc2ccccc12. The van der Waals surface area contributed by atoms with E-state index in [1.807, 2.05) is 18.2 Å². The van der Waals surface area contributed by atoms with E-state index in [1.54, 1.807) is 6.07 Å². The normalized spacial score (nSPS) is 10.9. The average molecular weight is 232 g/mol. The maximum absolute atomic E-state index is 11.8. The number of aryl methyl sites for hydroxylation is 1. The van der Waals surface area contributed by atoms with Gasteiger partial charge in [-0.25, -0.2) is 4.98 Å². The Morgan fingerprint density at radius 1 is 1.18 bits per heavy atom. The van der Waals surface area contributed by atoms with E-state index in [-0.39, 0.29) is 12.2 Å². The number of nitrogens with one attached hydrogen (secondary N) is 1. The van der Waals surface area contributed by atoms with E-state index in [9.17, 15) is 4.79 Å². The molecule has 0 fully saturated rings. The zero-order valence-electron chi connectivity index (χ0n) is 9.65. The van der Waals surface area contributed by atoms with Crippen LogP contribution in [0.1, 0.15) is 25.1 Å². The van der Waals surface area contributed by atoms with Crippen molar-refractivity contribution in [3.05, 3.63) is 40.4 Å². The van der Waals surface area contributed by atoms with Gasteiger partial charge in [-0.3, -0.25) is 4.79 Å². The third kappa shape index (κ3) is 2.91. The first-order chi connectivity index (χ1) is 8.31. The van der Waals surface area contributed by atoms with Gasteiger partial charge in [0.15, 0.2) is 0 Å². The average Bonchev–Trinajstić information content (AvgIpc) is 2.35. The van der Waals surface area contributed by atoms with Crippen molar-refractivity contribution in [1.82, 2.24) is 9.97 Å². The van der Waals surface area contributed by atoms with Gasteiger partial charge in [-0.1, -0.05) is 18.6 Å². The summed E-state index contributed by atoms with van der Waals surface area (Å²) in [5.74, 6) is 0.728. The molecule has 0 spiro atoms. The molecule has 17 heavy (non-hydrogen) atoms. The van der Waals surface area contributed by atoms with E-state index in [0.717, 1.165) is 37.0 Å². The second kappa shape index (κ2) is 5.59. The van der Waals surface area contributed by atoms with Gasteiger partial charge in [0, 0.05) is 13.0 Å². The Morgan fingerprint density at radius 3 is 2.82 bits per heavy atom. The van der Waals surface area contributed by atoms with E-state index in [1.165, 1.54) is 0 Å². The molecule has 1 aromatic carbocycles. The summed E-state index contributed by atoms with van der Waals surface area (Å²) in [5.41, 5.74) is 0.668. The summed E-state index contributed by atoms with van der Waals surface area (Å²) in [7, 11) is 0.